The van der Waals surface area contributed by atoms with Crippen LogP contribution in [0.1, 0.15) is 27.2 Å². The van der Waals surface area contributed by atoms with Gasteiger partial charge in [-0.05, 0) is 30.5 Å². The lowest BCUT2D eigenvalue weighted by molar-refractivity contribution is 0.369. The Hall–Kier alpha value is -0.250. The highest BCUT2D eigenvalue weighted by atomic mass is 35.5. The molecule has 0 aliphatic carbocycles. The molecule has 0 unspecified atom stereocenters. The third-order valence-electron chi connectivity index (χ3n) is 2.29. The molecule has 0 spiro atoms. The monoisotopic (exact) mass is 272 g/mol. The standard InChI is InChI=1S/C13H21ClN2S/c1-13(2,3)6-8-15-9-10-17-12-11(14)5-4-7-16-12/h4-5,7,15H,6,8-10H2,1-3H3. The smallest absolute Gasteiger partial charge is 0.115 e. The summed E-state index contributed by atoms with van der Waals surface area (Å²) in [6.45, 7) is 8.85. The van der Waals surface area contributed by atoms with Crippen LogP contribution >= 0.6 is 23.4 Å². The molecule has 2 nitrogen and oxygen atoms in total. The summed E-state index contributed by atoms with van der Waals surface area (Å²) in [5.41, 5.74) is 0.407. The molecule has 0 aliphatic rings. The molecule has 1 heterocycles. The fourth-order valence-electron chi connectivity index (χ4n) is 1.29. The van der Waals surface area contributed by atoms with Crippen molar-refractivity contribution in [3.05, 3.63) is 23.4 Å². The molecule has 0 atom stereocenters. The second kappa shape index (κ2) is 7.24. The van der Waals surface area contributed by atoms with Gasteiger partial charge in [0.05, 0.1) is 5.02 Å². The highest BCUT2D eigenvalue weighted by Crippen LogP contribution is 2.23. The fraction of sp³-hybridized carbons (Fsp3) is 0.615. The molecule has 1 aromatic rings. The van der Waals surface area contributed by atoms with Crippen molar-refractivity contribution in [3.8, 4) is 0 Å². The number of hydrogen-bond donors (Lipinski definition) is 1. The molecule has 0 aromatic carbocycles. The van der Waals surface area contributed by atoms with Crippen molar-refractivity contribution in [1.82, 2.24) is 10.3 Å². The summed E-state index contributed by atoms with van der Waals surface area (Å²) in [5, 5.41) is 5.11. The van der Waals surface area contributed by atoms with Gasteiger partial charge in [-0.1, -0.05) is 32.4 Å². The van der Waals surface area contributed by atoms with Gasteiger partial charge in [0.2, 0.25) is 0 Å². The molecule has 0 amide bonds. The van der Waals surface area contributed by atoms with Gasteiger partial charge in [0.1, 0.15) is 5.03 Å². The van der Waals surface area contributed by atoms with E-state index in [2.05, 4.69) is 31.1 Å². The van der Waals surface area contributed by atoms with E-state index < -0.39 is 0 Å². The lowest BCUT2D eigenvalue weighted by Crippen LogP contribution is -2.22. The normalized spacial score (nSPS) is 11.8. The lowest BCUT2D eigenvalue weighted by Gasteiger charge is -2.17. The van der Waals surface area contributed by atoms with Crippen LogP contribution in [-0.4, -0.2) is 23.8 Å². The van der Waals surface area contributed by atoms with Crippen molar-refractivity contribution in [3.63, 3.8) is 0 Å². The minimum atomic E-state index is 0.407. The highest BCUT2D eigenvalue weighted by molar-refractivity contribution is 7.99. The Kier molecular flexibility index (Phi) is 6.31. The van der Waals surface area contributed by atoms with Crippen molar-refractivity contribution in [2.24, 2.45) is 5.41 Å². The van der Waals surface area contributed by atoms with Crippen LogP contribution in [0, 0.1) is 5.41 Å². The predicted molar refractivity (Wildman–Crippen MR) is 76.9 cm³/mol. The molecule has 0 saturated heterocycles. The average molecular weight is 273 g/mol. The summed E-state index contributed by atoms with van der Waals surface area (Å²) >= 11 is 7.72. The van der Waals surface area contributed by atoms with Gasteiger partial charge in [0, 0.05) is 18.5 Å². The van der Waals surface area contributed by atoms with Crippen molar-refractivity contribution < 1.29 is 0 Å². The molecule has 1 N–H and O–H groups in total. The maximum absolute atomic E-state index is 6.02. The van der Waals surface area contributed by atoms with E-state index in [0.717, 1.165) is 28.9 Å². The quantitative estimate of drug-likeness (QED) is 0.629. The van der Waals surface area contributed by atoms with Gasteiger partial charge in [-0.25, -0.2) is 4.98 Å². The van der Waals surface area contributed by atoms with Crippen molar-refractivity contribution in [2.75, 3.05) is 18.8 Å². The van der Waals surface area contributed by atoms with Crippen LogP contribution in [0.3, 0.4) is 0 Å². The maximum atomic E-state index is 6.02. The van der Waals surface area contributed by atoms with E-state index in [0.29, 0.717) is 5.41 Å². The highest BCUT2D eigenvalue weighted by Gasteiger charge is 2.08. The van der Waals surface area contributed by atoms with Crippen LogP contribution in [0.5, 0.6) is 0 Å². The number of hydrogen-bond acceptors (Lipinski definition) is 3. The average Bonchev–Trinajstić information content (AvgIpc) is 2.24. The zero-order chi connectivity index (χ0) is 12.7. The number of pyridine rings is 1. The molecule has 0 aliphatic heterocycles. The molecule has 0 bridgehead atoms. The predicted octanol–water partition coefficient (Wildman–Crippen LogP) is 3.85. The summed E-state index contributed by atoms with van der Waals surface area (Å²) in [6.07, 6.45) is 2.98. The fourth-order valence-corrected chi connectivity index (χ4v) is 2.35. The Bertz CT molecular complexity index is 336. The number of aromatic nitrogens is 1. The Balaban J connectivity index is 2.11. The maximum Gasteiger partial charge on any atom is 0.115 e. The molecular weight excluding hydrogens is 252 g/mol. The van der Waals surface area contributed by atoms with Crippen LogP contribution in [0.2, 0.25) is 5.02 Å². The van der Waals surface area contributed by atoms with E-state index in [-0.39, 0.29) is 0 Å². The number of halogens is 1. The number of nitrogens with zero attached hydrogens (tertiary/aromatic N) is 1. The molecular formula is C13H21ClN2S. The largest absolute Gasteiger partial charge is 0.316 e. The molecule has 0 fully saturated rings. The minimum Gasteiger partial charge on any atom is -0.316 e. The summed E-state index contributed by atoms with van der Waals surface area (Å²) in [5.74, 6) is 1.00. The molecule has 96 valence electrons. The van der Waals surface area contributed by atoms with E-state index in [4.69, 9.17) is 11.6 Å². The summed E-state index contributed by atoms with van der Waals surface area (Å²) in [6, 6.07) is 3.73. The van der Waals surface area contributed by atoms with Crippen LogP contribution in [0.4, 0.5) is 0 Å². The van der Waals surface area contributed by atoms with Gasteiger partial charge in [0.15, 0.2) is 0 Å². The molecule has 4 heteroatoms. The van der Waals surface area contributed by atoms with Crippen LogP contribution < -0.4 is 5.32 Å². The first-order valence-corrected chi connectivity index (χ1v) is 7.29. The topological polar surface area (TPSA) is 24.9 Å². The Morgan fingerprint density at radius 1 is 1.35 bits per heavy atom. The number of rotatable bonds is 6. The lowest BCUT2D eigenvalue weighted by atomic mass is 9.92. The van der Waals surface area contributed by atoms with Crippen LogP contribution in [0.15, 0.2) is 23.4 Å². The second-order valence-corrected chi connectivity index (χ2v) is 6.69. The number of nitrogens with one attached hydrogen (secondary N) is 1. The molecule has 17 heavy (non-hydrogen) atoms. The third-order valence-corrected chi connectivity index (χ3v) is 3.72. The first kappa shape index (κ1) is 14.8. The van der Waals surface area contributed by atoms with Crippen molar-refractivity contribution in [1.29, 1.82) is 0 Å². The Labute approximate surface area is 114 Å². The minimum absolute atomic E-state index is 0.407. The second-order valence-electron chi connectivity index (χ2n) is 5.20. The van der Waals surface area contributed by atoms with E-state index in [1.165, 1.54) is 6.42 Å². The first-order chi connectivity index (χ1) is 7.99. The SMILES string of the molecule is CC(C)(C)CCNCCSc1ncccc1Cl. The molecule has 0 saturated carbocycles. The molecule has 1 rings (SSSR count). The Morgan fingerprint density at radius 3 is 2.76 bits per heavy atom. The van der Waals surface area contributed by atoms with E-state index in [1.807, 2.05) is 12.1 Å². The van der Waals surface area contributed by atoms with E-state index in [1.54, 1.807) is 18.0 Å². The van der Waals surface area contributed by atoms with Crippen molar-refractivity contribution in [2.45, 2.75) is 32.2 Å². The van der Waals surface area contributed by atoms with E-state index >= 15 is 0 Å². The van der Waals surface area contributed by atoms with Crippen LogP contribution in [-0.2, 0) is 0 Å². The zero-order valence-electron chi connectivity index (χ0n) is 10.8. The molecule has 0 radical (unpaired) electrons. The van der Waals surface area contributed by atoms with E-state index in [9.17, 15) is 0 Å². The Morgan fingerprint density at radius 2 is 2.12 bits per heavy atom. The van der Waals surface area contributed by atoms with Crippen molar-refractivity contribution >= 4 is 23.4 Å². The van der Waals surface area contributed by atoms with Gasteiger partial charge < -0.3 is 5.32 Å². The van der Waals surface area contributed by atoms with Gasteiger partial charge in [-0.3, -0.25) is 0 Å². The van der Waals surface area contributed by atoms with Crippen LogP contribution in [0.25, 0.3) is 0 Å². The summed E-state index contributed by atoms with van der Waals surface area (Å²) in [7, 11) is 0. The van der Waals surface area contributed by atoms with Gasteiger partial charge in [-0.15, -0.1) is 11.8 Å². The third kappa shape index (κ3) is 6.92. The van der Waals surface area contributed by atoms with Gasteiger partial charge in [-0.2, -0.15) is 0 Å². The summed E-state index contributed by atoms with van der Waals surface area (Å²) < 4.78 is 0. The van der Waals surface area contributed by atoms with Gasteiger partial charge >= 0.3 is 0 Å². The summed E-state index contributed by atoms with van der Waals surface area (Å²) in [4.78, 5) is 4.24. The van der Waals surface area contributed by atoms with Gasteiger partial charge in [0.25, 0.3) is 0 Å². The zero-order valence-corrected chi connectivity index (χ0v) is 12.4. The molecule has 1 aromatic heterocycles. The first-order valence-electron chi connectivity index (χ1n) is 5.93. The number of thioether (sulfide) groups is 1.